The number of hydrogen-bond acceptors (Lipinski definition) is 8. The number of rotatable bonds is 8. The Morgan fingerprint density at radius 3 is 2.61 bits per heavy atom. The Hall–Kier alpha value is -2.06. The summed E-state index contributed by atoms with van der Waals surface area (Å²) in [5.41, 5.74) is 1.25. The van der Waals surface area contributed by atoms with Crippen LogP contribution in [-0.2, 0) is 44.2 Å². The van der Waals surface area contributed by atoms with E-state index >= 15 is 0 Å². The summed E-state index contributed by atoms with van der Waals surface area (Å²) < 4.78 is 52.6. The number of sulfone groups is 1. The van der Waals surface area contributed by atoms with E-state index in [-0.39, 0.29) is 41.9 Å². The van der Waals surface area contributed by atoms with Gasteiger partial charge in [-0.2, -0.15) is 0 Å². The number of fused-ring (bicyclic) bond motifs is 2. The van der Waals surface area contributed by atoms with Gasteiger partial charge in [-0.15, -0.1) is 11.3 Å². The lowest BCUT2D eigenvalue weighted by atomic mass is 10.1. The van der Waals surface area contributed by atoms with Crippen molar-refractivity contribution in [1.82, 2.24) is 20.3 Å². The molecule has 0 aliphatic carbocycles. The Morgan fingerprint density at radius 2 is 1.84 bits per heavy atom. The number of sulfonamides is 1. The van der Waals surface area contributed by atoms with Crippen LogP contribution in [0.3, 0.4) is 0 Å². The van der Waals surface area contributed by atoms with Gasteiger partial charge in [0.2, 0.25) is 15.9 Å². The van der Waals surface area contributed by atoms with Crippen molar-refractivity contribution >= 4 is 59.5 Å². The second-order valence-electron chi connectivity index (χ2n) is 9.50. The SMILES string of the molecule is O=C(C(CNS(=O)(=O)c1ccc2cc(Cl)ccc2c1)NCc1cc2c(s1)CCNC2)N1CCS(=O)(=O)CC1. The predicted molar refractivity (Wildman–Crippen MR) is 150 cm³/mol. The molecule has 1 fully saturated rings. The summed E-state index contributed by atoms with van der Waals surface area (Å²) in [4.78, 5) is 17.4. The molecule has 204 valence electrons. The molecule has 2 aliphatic heterocycles. The van der Waals surface area contributed by atoms with Crippen molar-refractivity contribution in [2.24, 2.45) is 0 Å². The van der Waals surface area contributed by atoms with Gasteiger partial charge in [-0.05, 0) is 53.1 Å². The average Bonchev–Trinajstić information content (AvgIpc) is 3.31. The first-order valence-corrected chi connectivity index (χ1v) is 16.8. The van der Waals surface area contributed by atoms with E-state index in [0.29, 0.717) is 11.6 Å². The van der Waals surface area contributed by atoms with Crippen molar-refractivity contribution in [3.63, 3.8) is 0 Å². The van der Waals surface area contributed by atoms with Crippen molar-refractivity contribution in [1.29, 1.82) is 0 Å². The van der Waals surface area contributed by atoms with Crippen LogP contribution in [0.1, 0.15) is 15.3 Å². The number of halogens is 1. The average molecular weight is 597 g/mol. The van der Waals surface area contributed by atoms with Gasteiger partial charge >= 0.3 is 0 Å². The van der Waals surface area contributed by atoms with E-state index in [2.05, 4.69) is 21.4 Å². The van der Waals surface area contributed by atoms with E-state index in [1.807, 2.05) is 0 Å². The molecule has 2 aromatic carbocycles. The molecule has 1 unspecified atom stereocenters. The largest absolute Gasteiger partial charge is 0.339 e. The van der Waals surface area contributed by atoms with Crippen LogP contribution in [-0.4, -0.2) is 71.4 Å². The Labute approximate surface area is 231 Å². The summed E-state index contributed by atoms with van der Waals surface area (Å²) >= 11 is 7.73. The molecule has 2 aliphatic rings. The quantitative estimate of drug-likeness (QED) is 0.363. The van der Waals surface area contributed by atoms with Crippen molar-refractivity contribution in [3.8, 4) is 0 Å². The summed E-state index contributed by atoms with van der Waals surface area (Å²) in [6.45, 7) is 2.17. The lowest BCUT2D eigenvalue weighted by Gasteiger charge is -2.30. The van der Waals surface area contributed by atoms with Gasteiger partial charge in [0.05, 0.1) is 16.4 Å². The third-order valence-corrected chi connectivity index (χ3v) is 11.3. The van der Waals surface area contributed by atoms with Crippen LogP contribution >= 0.6 is 22.9 Å². The standard InChI is InChI=1S/C25H29ClN4O5S3/c26-20-3-1-18-13-22(4-2-17(18)11-20)38(34,35)29-16-23(25(31)30-7-9-37(32,33)10-8-30)28-15-21-12-19-14-27-6-5-24(19)36-21/h1-4,11-13,23,27-29H,5-10,14-16H2. The van der Waals surface area contributed by atoms with Gasteiger partial charge in [0.15, 0.2) is 9.84 Å². The Balaban J connectivity index is 1.32. The predicted octanol–water partition coefficient (Wildman–Crippen LogP) is 1.89. The van der Waals surface area contributed by atoms with Crippen LogP contribution in [0.4, 0.5) is 0 Å². The van der Waals surface area contributed by atoms with Crippen LogP contribution in [0.15, 0.2) is 47.4 Å². The van der Waals surface area contributed by atoms with E-state index in [0.717, 1.165) is 35.2 Å². The van der Waals surface area contributed by atoms with Crippen molar-refractivity contribution in [2.75, 3.05) is 37.7 Å². The van der Waals surface area contributed by atoms with E-state index in [1.165, 1.54) is 21.4 Å². The number of carbonyl (C=O) groups is 1. The summed E-state index contributed by atoms with van der Waals surface area (Å²) in [6.07, 6.45) is 0.961. The molecule has 3 heterocycles. The number of carbonyl (C=O) groups excluding carboxylic acids is 1. The van der Waals surface area contributed by atoms with Crippen LogP contribution in [0, 0.1) is 0 Å². The summed E-state index contributed by atoms with van der Waals surface area (Å²) in [5.74, 6) is -0.509. The minimum absolute atomic E-state index is 0.0843. The molecule has 5 rings (SSSR count). The number of hydrogen-bond donors (Lipinski definition) is 3. The lowest BCUT2D eigenvalue weighted by molar-refractivity contribution is -0.133. The van der Waals surface area contributed by atoms with Crippen molar-refractivity contribution in [2.45, 2.75) is 30.4 Å². The first-order chi connectivity index (χ1) is 18.1. The lowest BCUT2D eigenvalue weighted by Crippen LogP contribution is -2.55. The van der Waals surface area contributed by atoms with Crippen LogP contribution < -0.4 is 15.4 Å². The molecule has 9 nitrogen and oxygen atoms in total. The second-order valence-corrected chi connectivity index (χ2v) is 15.2. The normalized spacial score (nSPS) is 18.3. The molecule has 0 spiro atoms. The zero-order chi connectivity index (χ0) is 26.9. The molecule has 0 radical (unpaired) electrons. The fourth-order valence-electron chi connectivity index (χ4n) is 4.66. The summed E-state index contributed by atoms with van der Waals surface area (Å²) in [7, 11) is -7.08. The van der Waals surface area contributed by atoms with Gasteiger partial charge in [-0.1, -0.05) is 23.7 Å². The number of thiophene rings is 1. The van der Waals surface area contributed by atoms with Crippen molar-refractivity contribution in [3.05, 3.63) is 62.8 Å². The molecule has 38 heavy (non-hydrogen) atoms. The highest BCUT2D eigenvalue weighted by Crippen LogP contribution is 2.26. The number of nitrogens with one attached hydrogen (secondary N) is 3. The van der Waals surface area contributed by atoms with E-state index < -0.39 is 25.9 Å². The maximum absolute atomic E-state index is 13.4. The molecule has 1 amide bonds. The monoisotopic (exact) mass is 596 g/mol. The number of nitrogens with zero attached hydrogens (tertiary/aromatic N) is 1. The summed E-state index contributed by atoms with van der Waals surface area (Å²) in [5, 5.41) is 8.69. The Morgan fingerprint density at radius 1 is 1.11 bits per heavy atom. The highest BCUT2D eigenvalue weighted by atomic mass is 35.5. The first-order valence-electron chi connectivity index (χ1n) is 12.3. The highest BCUT2D eigenvalue weighted by Gasteiger charge is 2.31. The molecule has 1 atom stereocenters. The summed E-state index contributed by atoms with van der Waals surface area (Å²) in [6, 6.07) is 11.2. The fraction of sp³-hybridized carbons (Fsp3) is 0.400. The van der Waals surface area contributed by atoms with Crippen LogP contribution in [0.25, 0.3) is 10.8 Å². The smallest absolute Gasteiger partial charge is 0.241 e. The van der Waals surface area contributed by atoms with E-state index in [1.54, 1.807) is 41.7 Å². The molecule has 1 saturated heterocycles. The third kappa shape index (κ3) is 6.39. The maximum atomic E-state index is 13.4. The molecule has 0 bridgehead atoms. The number of benzene rings is 2. The van der Waals surface area contributed by atoms with Crippen LogP contribution in [0.2, 0.25) is 5.02 Å². The van der Waals surface area contributed by atoms with Gasteiger partial charge < -0.3 is 10.2 Å². The molecule has 13 heteroatoms. The maximum Gasteiger partial charge on any atom is 0.241 e. The molecule has 3 aromatic rings. The molecular weight excluding hydrogens is 568 g/mol. The molecule has 0 saturated carbocycles. The van der Waals surface area contributed by atoms with Crippen LogP contribution in [0.5, 0.6) is 0 Å². The highest BCUT2D eigenvalue weighted by molar-refractivity contribution is 7.91. The first kappa shape index (κ1) is 27.5. The third-order valence-electron chi connectivity index (χ3n) is 6.83. The van der Waals surface area contributed by atoms with E-state index in [9.17, 15) is 21.6 Å². The fourth-order valence-corrected chi connectivity index (χ4v) is 8.27. The van der Waals surface area contributed by atoms with Gasteiger partial charge in [0.25, 0.3) is 0 Å². The number of amides is 1. The minimum atomic E-state index is -3.92. The minimum Gasteiger partial charge on any atom is -0.339 e. The molecular formula is C25H29ClN4O5S3. The van der Waals surface area contributed by atoms with E-state index in [4.69, 9.17) is 11.6 Å². The second kappa shape index (κ2) is 11.2. The molecule has 1 aromatic heterocycles. The van der Waals surface area contributed by atoms with Gasteiger partial charge in [0.1, 0.15) is 6.04 Å². The Bertz CT molecular complexity index is 1540. The van der Waals surface area contributed by atoms with Gasteiger partial charge in [-0.25, -0.2) is 21.6 Å². The Kier molecular flexibility index (Phi) is 8.11. The zero-order valence-corrected chi connectivity index (χ0v) is 23.8. The zero-order valence-electron chi connectivity index (χ0n) is 20.6. The topological polar surface area (TPSA) is 125 Å². The van der Waals surface area contributed by atoms with Gasteiger partial charge in [0, 0.05) is 54.0 Å². The van der Waals surface area contributed by atoms with Crippen molar-refractivity contribution < 1.29 is 21.6 Å². The van der Waals surface area contributed by atoms with Gasteiger partial charge in [-0.3, -0.25) is 10.1 Å². The molecule has 3 N–H and O–H groups in total.